The summed E-state index contributed by atoms with van der Waals surface area (Å²) in [5.41, 5.74) is 1.03. The van der Waals surface area contributed by atoms with E-state index in [1.54, 1.807) is 34.1 Å². The van der Waals surface area contributed by atoms with Gasteiger partial charge in [0.25, 0.3) is 0 Å². The number of ether oxygens (including phenoxy) is 1. The third-order valence-corrected chi connectivity index (χ3v) is 7.49. The number of terminal acetylenes is 1. The highest BCUT2D eigenvalue weighted by Gasteiger charge is 2.29. The summed E-state index contributed by atoms with van der Waals surface area (Å²) in [6, 6.07) is 5.41. The zero-order valence-electron chi connectivity index (χ0n) is 24.3. The van der Waals surface area contributed by atoms with Crippen LogP contribution in [0.1, 0.15) is 45.1 Å². The van der Waals surface area contributed by atoms with Crippen molar-refractivity contribution in [2.75, 3.05) is 60.9 Å². The van der Waals surface area contributed by atoms with Crippen molar-refractivity contribution >= 4 is 35.5 Å². The van der Waals surface area contributed by atoms with Crippen molar-refractivity contribution in [2.45, 2.75) is 52.0 Å². The van der Waals surface area contributed by atoms with Crippen LogP contribution < -0.4 is 19.9 Å². The first-order chi connectivity index (χ1) is 20.3. The van der Waals surface area contributed by atoms with E-state index >= 15 is 0 Å². The third kappa shape index (κ3) is 7.40. The number of aliphatic carboxylic acids is 1. The molecule has 4 rings (SSSR count). The molecule has 12 heteroatoms. The number of nitrogens with one attached hydrogen (secondary N) is 1. The predicted octanol–water partition coefficient (Wildman–Crippen LogP) is 3.68. The van der Waals surface area contributed by atoms with Crippen LogP contribution in [0.15, 0.2) is 30.5 Å². The van der Waals surface area contributed by atoms with Gasteiger partial charge in [-0.2, -0.15) is 4.98 Å². The Kier molecular flexibility index (Phi) is 10.4. The average Bonchev–Trinajstić information content (AvgIpc) is 3.73. The minimum Gasteiger partial charge on any atom is -0.480 e. The van der Waals surface area contributed by atoms with Crippen molar-refractivity contribution in [1.29, 1.82) is 0 Å². The van der Waals surface area contributed by atoms with Crippen LogP contribution in [-0.2, 0) is 11.2 Å². The number of anilines is 3. The molecule has 2 aromatic rings. The molecule has 1 aromatic carbocycles. The highest BCUT2D eigenvalue weighted by Crippen LogP contribution is 2.29. The number of likely N-dealkylation sites (tertiary alicyclic amines) is 2. The Labute approximate surface area is 246 Å². The second kappa shape index (κ2) is 14.4. The monoisotopic (exact) mass is 577 g/mol. The molecule has 1 atom stereocenters. The number of hydrogen-bond donors (Lipinski definition) is 2. The highest BCUT2D eigenvalue weighted by molar-refractivity contribution is 5.96. The van der Waals surface area contributed by atoms with Crippen LogP contribution in [0.2, 0.25) is 0 Å². The molecule has 2 aliphatic rings. The molecule has 3 heterocycles. The lowest BCUT2D eigenvalue weighted by atomic mass is 10.1. The maximum Gasteiger partial charge on any atom is 0.415 e. The molecule has 0 unspecified atom stereocenters. The van der Waals surface area contributed by atoms with Gasteiger partial charge < -0.3 is 29.9 Å². The van der Waals surface area contributed by atoms with Gasteiger partial charge in [-0.1, -0.05) is 18.1 Å². The molecule has 0 radical (unpaired) electrons. The second-order valence-corrected chi connectivity index (χ2v) is 10.3. The number of nitrogens with zero attached hydrogens (tertiary/aromatic N) is 6. The van der Waals surface area contributed by atoms with Gasteiger partial charge in [-0.3, -0.25) is 4.90 Å². The van der Waals surface area contributed by atoms with Crippen LogP contribution in [0.5, 0.6) is 5.75 Å². The van der Waals surface area contributed by atoms with Gasteiger partial charge in [0, 0.05) is 45.7 Å². The summed E-state index contributed by atoms with van der Waals surface area (Å²) in [5, 5.41) is 13.2. The number of rotatable bonds is 11. The molecule has 2 saturated heterocycles. The Balaban J connectivity index is 1.58. The Bertz CT molecular complexity index is 1280. The van der Waals surface area contributed by atoms with E-state index in [-0.39, 0.29) is 30.9 Å². The molecule has 2 aliphatic heterocycles. The SMILES string of the molecule is C#CCN(C(=O)N1CCCC1)c1cnc(N(CC)CC)nc1N[C@@H](Cc1ccc(OC(=O)N2CCCC2)cc1)C(=O)O. The minimum atomic E-state index is -1.09. The first-order valence-electron chi connectivity index (χ1n) is 14.5. The zero-order valence-corrected chi connectivity index (χ0v) is 24.3. The quantitative estimate of drug-likeness (QED) is 0.384. The van der Waals surface area contributed by atoms with E-state index in [0.29, 0.717) is 62.2 Å². The summed E-state index contributed by atoms with van der Waals surface area (Å²) in [4.78, 5) is 54.1. The molecular formula is C30H39N7O5. The first-order valence-corrected chi connectivity index (χ1v) is 14.5. The number of benzene rings is 1. The zero-order chi connectivity index (χ0) is 30.1. The molecule has 42 heavy (non-hydrogen) atoms. The molecule has 224 valence electrons. The van der Waals surface area contributed by atoms with Gasteiger partial charge in [0.15, 0.2) is 5.82 Å². The Morgan fingerprint density at radius 1 is 1.05 bits per heavy atom. The highest BCUT2D eigenvalue weighted by atomic mass is 16.6. The average molecular weight is 578 g/mol. The van der Waals surface area contributed by atoms with Gasteiger partial charge in [0.1, 0.15) is 17.5 Å². The van der Waals surface area contributed by atoms with Gasteiger partial charge >= 0.3 is 18.1 Å². The molecule has 3 amide bonds. The molecule has 0 saturated carbocycles. The van der Waals surface area contributed by atoms with Crippen molar-refractivity contribution in [2.24, 2.45) is 0 Å². The van der Waals surface area contributed by atoms with Crippen LogP contribution in [-0.4, -0.2) is 94.8 Å². The number of carbonyl (C=O) groups is 3. The molecule has 0 aliphatic carbocycles. The van der Waals surface area contributed by atoms with Gasteiger partial charge in [0.05, 0.1) is 12.7 Å². The topological polar surface area (TPSA) is 131 Å². The summed E-state index contributed by atoms with van der Waals surface area (Å²) in [5.74, 6) is 2.45. The van der Waals surface area contributed by atoms with Crippen molar-refractivity contribution in [3.63, 3.8) is 0 Å². The number of amides is 3. The Morgan fingerprint density at radius 3 is 2.24 bits per heavy atom. The van der Waals surface area contributed by atoms with Crippen LogP contribution in [0, 0.1) is 12.3 Å². The van der Waals surface area contributed by atoms with Crippen LogP contribution in [0.25, 0.3) is 0 Å². The van der Waals surface area contributed by atoms with E-state index in [2.05, 4.69) is 21.2 Å². The fraction of sp³-hybridized carbons (Fsp3) is 0.500. The molecule has 1 aromatic heterocycles. The van der Waals surface area contributed by atoms with E-state index < -0.39 is 12.0 Å². The molecular weight excluding hydrogens is 538 g/mol. The maximum absolute atomic E-state index is 13.4. The largest absolute Gasteiger partial charge is 0.480 e. The van der Waals surface area contributed by atoms with Gasteiger partial charge in [-0.25, -0.2) is 19.4 Å². The summed E-state index contributed by atoms with van der Waals surface area (Å²) < 4.78 is 5.46. The summed E-state index contributed by atoms with van der Waals surface area (Å²) in [6.07, 6.45) is 10.6. The molecule has 2 N–H and O–H groups in total. The Hall–Kier alpha value is -4.53. The van der Waals surface area contributed by atoms with E-state index in [1.807, 2.05) is 18.7 Å². The van der Waals surface area contributed by atoms with Gasteiger partial charge in [-0.05, 0) is 57.2 Å². The van der Waals surface area contributed by atoms with E-state index in [1.165, 1.54) is 11.1 Å². The van der Waals surface area contributed by atoms with Crippen molar-refractivity contribution in [3.05, 3.63) is 36.0 Å². The van der Waals surface area contributed by atoms with Crippen molar-refractivity contribution in [3.8, 4) is 18.1 Å². The first kappa shape index (κ1) is 30.4. The number of carbonyl (C=O) groups excluding carboxylic acids is 2. The fourth-order valence-electron chi connectivity index (χ4n) is 5.11. The van der Waals surface area contributed by atoms with E-state index in [4.69, 9.17) is 11.2 Å². The second-order valence-electron chi connectivity index (χ2n) is 10.3. The lowest BCUT2D eigenvalue weighted by molar-refractivity contribution is -0.137. The number of hydrogen-bond acceptors (Lipinski definition) is 8. The van der Waals surface area contributed by atoms with Crippen LogP contribution in [0.3, 0.4) is 0 Å². The van der Waals surface area contributed by atoms with Gasteiger partial charge in [0.2, 0.25) is 5.95 Å². The standard InChI is InChI=1S/C30H39N7O5/c1-4-15-37(29(40)35-16-7-8-17-35)25-21-31-28(34(5-2)6-3)33-26(25)32-24(27(38)39)20-22-11-13-23(14-12-22)42-30(41)36-18-9-10-19-36/h1,11-14,21,24H,5-10,15-20H2,2-3H3,(H,38,39)(H,31,32,33)/t24-/m0/s1. The smallest absolute Gasteiger partial charge is 0.415 e. The predicted molar refractivity (Wildman–Crippen MR) is 160 cm³/mol. The third-order valence-electron chi connectivity index (χ3n) is 7.49. The molecule has 0 spiro atoms. The number of carboxylic acids is 1. The van der Waals surface area contributed by atoms with Crippen LogP contribution in [0.4, 0.5) is 27.0 Å². The molecule has 12 nitrogen and oxygen atoms in total. The number of aromatic nitrogens is 2. The van der Waals surface area contributed by atoms with Gasteiger partial charge in [-0.15, -0.1) is 6.42 Å². The van der Waals surface area contributed by atoms with Crippen molar-refractivity contribution < 1.29 is 24.2 Å². The lowest BCUT2D eigenvalue weighted by Crippen LogP contribution is -2.43. The number of urea groups is 1. The lowest BCUT2D eigenvalue weighted by Gasteiger charge is -2.29. The molecule has 2 fully saturated rings. The van der Waals surface area contributed by atoms with E-state index in [0.717, 1.165) is 25.7 Å². The minimum absolute atomic E-state index is 0.0205. The summed E-state index contributed by atoms with van der Waals surface area (Å²) >= 11 is 0. The maximum atomic E-state index is 13.4. The van der Waals surface area contributed by atoms with Crippen molar-refractivity contribution in [1.82, 2.24) is 19.8 Å². The summed E-state index contributed by atoms with van der Waals surface area (Å²) in [7, 11) is 0. The van der Waals surface area contributed by atoms with Crippen LogP contribution >= 0.6 is 0 Å². The Morgan fingerprint density at radius 2 is 1.67 bits per heavy atom. The van der Waals surface area contributed by atoms with E-state index in [9.17, 15) is 19.5 Å². The molecule has 0 bridgehead atoms. The normalized spacial score (nSPS) is 15.2. The fourth-order valence-corrected chi connectivity index (χ4v) is 5.11. The number of carboxylic acid groups (broad SMARTS) is 1. The summed E-state index contributed by atoms with van der Waals surface area (Å²) in [6.45, 7) is 7.85.